The van der Waals surface area contributed by atoms with Gasteiger partial charge in [-0.3, -0.25) is 4.31 Å². The molecule has 0 aliphatic rings. The number of hydrogen-bond donors (Lipinski definition) is 2. The van der Waals surface area contributed by atoms with Crippen molar-refractivity contribution in [2.45, 2.75) is 20.3 Å². The van der Waals surface area contributed by atoms with Gasteiger partial charge in [-0.15, -0.1) is 0 Å². The molecule has 0 atom stereocenters. The highest BCUT2D eigenvalue weighted by molar-refractivity contribution is 7.90. The standard InChI is InChI=1S/C13H23N3O2S/c1-12(2)11-15-19(17,18)16(10-6-9-14)13-7-4-3-5-8-13/h3-5,7-8,12,15H,6,9-11,14H2,1-2H3. The van der Waals surface area contributed by atoms with Crippen molar-refractivity contribution in [2.24, 2.45) is 11.7 Å². The summed E-state index contributed by atoms with van der Waals surface area (Å²) >= 11 is 0. The second-order valence-electron chi connectivity index (χ2n) is 4.80. The maximum atomic E-state index is 12.3. The molecule has 19 heavy (non-hydrogen) atoms. The fourth-order valence-corrected chi connectivity index (χ4v) is 3.04. The van der Waals surface area contributed by atoms with E-state index in [1.165, 1.54) is 4.31 Å². The van der Waals surface area contributed by atoms with Gasteiger partial charge in [0.1, 0.15) is 0 Å². The number of nitrogens with two attached hydrogens (primary N) is 1. The van der Waals surface area contributed by atoms with Crippen LogP contribution in [0.3, 0.4) is 0 Å². The summed E-state index contributed by atoms with van der Waals surface area (Å²) in [6.07, 6.45) is 0.623. The third kappa shape index (κ3) is 5.18. The maximum Gasteiger partial charge on any atom is 0.301 e. The number of para-hydroxylation sites is 1. The van der Waals surface area contributed by atoms with Crippen molar-refractivity contribution in [2.75, 3.05) is 23.9 Å². The van der Waals surface area contributed by atoms with Gasteiger partial charge in [0.2, 0.25) is 0 Å². The molecule has 0 saturated carbocycles. The molecule has 1 aromatic carbocycles. The molecule has 3 N–H and O–H groups in total. The first-order valence-corrected chi connectivity index (χ1v) is 7.94. The van der Waals surface area contributed by atoms with Gasteiger partial charge in [-0.1, -0.05) is 32.0 Å². The van der Waals surface area contributed by atoms with Crippen molar-refractivity contribution in [3.05, 3.63) is 30.3 Å². The van der Waals surface area contributed by atoms with Crippen LogP contribution in [-0.2, 0) is 10.2 Å². The number of rotatable bonds is 8. The van der Waals surface area contributed by atoms with E-state index in [9.17, 15) is 8.42 Å². The summed E-state index contributed by atoms with van der Waals surface area (Å²) in [4.78, 5) is 0. The first kappa shape index (κ1) is 15.9. The molecule has 0 radical (unpaired) electrons. The SMILES string of the molecule is CC(C)CNS(=O)(=O)N(CCCN)c1ccccc1. The molecule has 0 spiro atoms. The second kappa shape index (κ2) is 7.47. The molecule has 108 valence electrons. The molecule has 1 rings (SSSR count). The molecule has 0 amide bonds. The van der Waals surface area contributed by atoms with Crippen molar-refractivity contribution in [3.63, 3.8) is 0 Å². The summed E-state index contributed by atoms with van der Waals surface area (Å²) in [6, 6.07) is 9.07. The van der Waals surface area contributed by atoms with E-state index in [-0.39, 0.29) is 5.92 Å². The zero-order valence-electron chi connectivity index (χ0n) is 11.5. The van der Waals surface area contributed by atoms with Crippen molar-refractivity contribution in [1.29, 1.82) is 0 Å². The summed E-state index contributed by atoms with van der Waals surface area (Å²) in [5.74, 6) is 0.266. The number of anilines is 1. The van der Waals surface area contributed by atoms with E-state index < -0.39 is 10.2 Å². The highest BCUT2D eigenvalue weighted by Gasteiger charge is 2.21. The van der Waals surface area contributed by atoms with Gasteiger partial charge in [-0.2, -0.15) is 13.1 Å². The first-order chi connectivity index (χ1) is 8.97. The van der Waals surface area contributed by atoms with Gasteiger partial charge in [0.25, 0.3) is 0 Å². The van der Waals surface area contributed by atoms with Crippen LogP contribution in [0.1, 0.15) is 20.3 Å². The van der Waals surface area contributed by atoms with E-state index in [1.54, 1.807) is 12.1 Å². The van der Waals surface area contributed by atoms with Gasteiger partial charge in [0.15, 0.2) is 0 Å². The highest BCUT2D eigenvalue weighted by atomic mass is 32.2. The molecular formula is C13H23N3O2S. The van der Waals surface area contributed by atoms with Gasteiger partial charge in [-0.05, 0) is 31.0 Å². The molecule has 0 fully saturated rings. The molecule has 0 aliphatic heterocycles. The first-order valence-electron chi connectivity index (χ1n) is 6.50. The molecule has 6 heteroatoms. The Morgan fingerprint density at radius 3 is 2.42 bits per heavy atom. The van der Waals surface area contributed by atoms with Crippen molar-refractivity contribution in [1.82, 2.24) is 4.72 Å². The number of hydrogen-bond acceptors (Lipinski definition) is 3. The average molecular weight is 285 g/mol. The fraction of sp³-hybridized carbons (Fsp3) is 0.538. The van der Waals surface area contributed by atoms with Crippen LogP contribution in [0.2, 0.25) is 0 Å². The zero-order valence-corrected chi connectivity index (χ0v) is 12.4. The molecule has 5 nitrogen and oxygen atoms in total. The highest BCUT2D eigenvalue weighted by Crippen LogP contribution is 2.16. The Bertz CT molecular complexity index is 460. The summed E-state index contributed by atoms with van der Waals surface area (Å²) < 4.78 is 28.6. The second-order valence-corrected chi connectivity index (χ2v) is 6.48. The Morgan fingerprint density at radius 1 is 1.26 bits per heavy atom. The predicted octanol–water partition coefficient (Wildman–Crippen LogP) is 1.33. The van der Waals surface area contributed by atoms with Gasteiger partial charge in [-0.25, -0.2) is 0 Å². The van der Waals surface area contributed by atoms with Crippen LogP contribution in [0.5, 0.6) is 0 Å². The molecular weight excluding hydrogens is 262 g/mol. The third-order valence-corrected chi connectivity index (χ3v) is 4.08. The van der Waals surface area contributed by atoms with Crippen LogP contribution in [0.15, 0.2) is 30.3 Å². The van der Waals surface area contributed by atoms with E-state index in [4.69, 9.17) is 5.73 Å². The third-order valence-electron chi connectivity index (χ3n) is 2.57. The number of nitrogens with zero attached hydrogens (tertiary/aromatic N) is 1. The van der Waals surface area contributed by atoms with E-state index >= 15 is 0 Å². The van der Waals surface area contributed by atoms with Crippen LogP contribution in [0.4, 0.5) is 5.69 Å². The van der Waals surface area contributed by atoms with Crippen LogP contribution in [-0.4, -0.2) is 28.1 Å². The lowest BCUT2D eigenvalue weighted by molar-refractivity contribution is 0.554. The van der Waals surface area contributed by atoms with E-state index in [2.05, 4.69) is 4.72 Å². The molecule has 0 bridgehead atoms. The van der Waals surface area contributed by atoms with Crippen molar-refractivity contribution >= 4 is 15.9 Å². The van der Waals surface area contributed by atoms with Crippen LogP contribution in [0.25, 0.3) is 0 Å². The molecule has 0 aromatic heterocycles. The largest absolute Gasteiger partial charge is 0.330 e. The lowest BCUT2D eigenvalue weighted by atomic mass is 10.2. The average Bonchev–Trinajstić information content (AvgIpc) is 2.38. The Hall–Kier alpha value is -1.11. The Labute approximate surface area is 116 Å². The van der Waals surface area contributed by atoms with Crippen LogP contribution < -0.4 is 14.8 Å². The molecule has 1 aromatic rings. The van der Waals surface area contributed by atoms with Crippen molar-refractivity contribution < 1.29 is 8.42 Å². The summed E-state index contributed by atoms with van der Waals surface area (Å²) in [7, 11) is -3.51. The van der Waals surface area contributed by atoms with Gasteiger partial charge in [0.05, 0.1) is 5.69 Å². The molecule has 0 unspecified atom stereocenters. The van der Waals surface area contributed by atoms with E-state index in [1.807, 2.05) is 32.0 Å². The van der Waals surface area contributed by atoms with Gasteiger partial charge in [0, 0.05) is 13.1 Å². The van der Waals surface area contributed by atoms with E-state index in [0.29, 0.717) is 31.7 Å². The Morgan fingerprint density at radius 2 is 1.89 bits per heavy atom. The Balaban J connectivity index is 2.90. The minimum atomic E-state index is -3.51. The van der Waals surface area contributed by atoms with Crippen LogP contribution in [0, 0.1) is 5.92 Å². The minimum absolute atomic E-state index is 0.266. The lowest BCUT2D eigenvalue weighted by Gasteiger charge is -2.25. The van der Waals surface area contributed by atoms with Gasteiger partial charge >= 0.3 is 10.2 Å². The monoisotopic (exact) mass is 285 g/mol. The smallest absolute Gasteiger partial charge is 0.301 e. The lowest BCUT2D eigenvalue weighted by Crippen LogP contribution is -2.43. The van der Waals surface area contributed by atoms with Gasteiger partial charge < -0.3 is 5.73 Å². The number of benzene rings is 1. The normalized spacial score (nSPS) is 11.8. The Kier molecular flexibility index (Phi) is 6.27. The fourth-order valence-electron chi connectivity index (χ4n) is 1.57. The minimum Gasteiger partial charge on any atom is -0.330 e. The zero-order chi connectivity index (χ0) is 14.3. The quantitative estimate of drug-likeness (QED) is 0.756. The molecule has 0 saturated heterocycles. The summed E-state index contributed by atoms with van der Waals surface area (Å²) in [5.41, 5.74) is 6.14. The summed E-state index contributed by atoms with van der Waals surface area (Å²) in [6.45, 7) is 5.20. The van der Waals surface area contributed by atoms with Crippen molar-refractivity contribution in [3.8, 4) is 0 Å². The van der Waals surface area contributed by atoms with Crippen LogP contribution >= 0.6 is 0 Å². The topological polar surface area (TPSA) is 75.4 Å². The maximum absolute atomic E-state index is 12.3. The van der Waals surface area contributed by atoms with E-state index in [0.717, 1.165) is 0 Å². The molecule has 0 heterocycles. The number of nitrogens with one attached hydrogen (secondary N) is 1. The molecule has 0 aliphatic carbocycles. The summed E-state index contributed by atoms with van der Waals surface area (Å²) in [5, 5.41) is 0. The predicted molar refractivity (Wildman–Crippen MR) is 79.2 cm³/mol.